The van der Waals surface area contributed by atoms with E-state index in [1.807, 2.05) is 96.4 Å². The maximum Gasteiger partial charge on any atom is 0.223 e. The van der Waals surface area contributed by atoms with Crippen molar-refractivity contribution in [2.45, 2.75) is 20.4 Å². The molecule has 7 aromatic heterocycles. The number of rotatable bonds is 7. The van der Waals surface area contributed by atoms with Crippen molar-refractivity contribution in [2.75, 3.05) is 11.4 Å². The summed E-state index contributed by atoms with van der Waals surface area (Å²) in [6.07, 6.45) is 13.1. The molecule has 0 N–H and O–H groups in total. The molecule has 11 rings (SSSR count). The monoisotopic (exact) mass is 900 g/mol. The van der Waals surface area contributed by atoms with E-state index in [1.165, 1.54) is 12.4 Å². The van der Waals surface area contributed by atoms with E-state index in [9.17, 15) is 9.59 Å². The summed E-state index contributed by atoms with van der Waals surface area (Å²) < 4.78 is 5.26. The van der Waals surface area contributed by atoms with Crippen molar-refractivity contribution in [1.82, 2.24) is 53.9 Å². The third kappa shape index (κ3) is 8.90. The molecular weight excluding hydrogens is 864 g/mol. The first-order valence-corrected chi connectivity index (χ1v) is 21.3. The number of carbonyl (C=O) groups is 2. The van der Waals surface area contributed by atoms with Crippen molar-refractivity contribution in [3.05, 3.63) is 204 Å². The number of fused-ring (bicyclic) bond motifs is 5. The first-order valence-electron chi connectivity index (χ1n) is 20.9. The molecule has 1 amide bonds. The summed E-state index contributed by atoms with van der Waals surface area (Å²) in [5.41, 5.74) is 10.6. The SMILES string of the molecule is CCN(C(C)=O)c1cccc(-c2ccnc3c(C#N)cnn23)c1.Clc1ccc2c(c1)C(c1ccccc1)=NCc1nncn1-2.O=C(c1ccccn1)c1cnn2c(-c3ccncc3)ccnc12. The lowest BCUT2D eigenvalue weighted by atomic mass is 10.0. The molecule has 1 aliphatic heterocycles. The highest BCUT2D eigenvalue weighted by Gasteiger charge is 2.21. The number of amides is 1. The molecule has 0 unspecified atom stereocenters. The largest absolute Gasteiger partial charge is 0.313 e. The Morgan fingerprint density at radius 1 is 0.746 bits per heavy atom. The molecular formula is C50H37ClN14O2. The quantitative estimate of drug-likeness (QED) is 0.140. The van der Waals surface area contributed by atoms with Crippen molar-refractivity contribution >= 4 is 46.0 Å². The van der Waals surface area contributed by atoms with Gasteiger partial charge < -0.3 is 4.90 Å². The Hall–Kier alpha value is -9.07. The smallest absolute Gasteiger partial charge is 0.223 e. The van der Waals surface area contributed by atoms with Crippen molar-refractivity contribution in [3.63, 3.8) is 0 Å². The molecule has 10 aromatic rings. The predicted octanol–water partition coefficient (Wildman–Crippen LogP) is 8.33. The van der Waals surface area contributed by atoms with Crippen LogP contribution < -0.4 is 4.90 Å². The summed E-state index contributed by atoms with van der Waals surface area (Å²) in [5.74, 6) is 0.625. The van der Waals surface area contributed by atoms with Crippen LogP contribution in [-0.4, -0.2) is 77.9 Å². The molecule has 17 heteroatoms. The summed E-state index contributed by atoms with van der Waals surface area (Å²) in [6, 6.07) is 38.4. The van der Waals surface area contributed by atoms with Gasteiger partial charge in [0.15, 0.2) is 17.1 Å². The number of aliphatic imine (C=N–C) groups is 1. The minimum Gasteiger partial charge on any atom is -0.313 e. The van der Waals surface area contributed by atoms with Crippen LogP contribution in [0.4, 0.5) is 5.69 Å². The van der Waals surface area contributed by atoms with Crippen molar-refractivity contribution in [3.8, 4) is 34.3 Å². The summed E-state index contributed by atoms with van der Waals surface area (Å²) >= 11 is 6.19. The maximum atomic E-state index is 12.6. The van der Waals surface area contributed by atoms with Crippen LogP contribution in [0.15, 0.2) is 170 Å². The van der Waals surface area contributed by atoms with Gasteiger partial charge in [0.1, 0.15) is 30.2 Å². The summed E-state index contributed by atoms with van der Waals surface area (Å²) in [5, 5.41) is 26.5. The molecule has 0 atom stereocenters. The lowest BCUT2D eigenvalue weighted by molar-refractivity contribution is -0.116. The predicted molar refractivity (Wildman–Crippen MR) is 253 cm³/mol. The molecule has 3 aromatic carbocycles. The van der Waals surface area contributed by atoms with Crippen LogP contribution in [0.5, 0.6) is 0 Å². The van der Waals surface area contributed by atoms with Crippen LogP contribution in [0.3, 0.4) is 0 Å². The average molecular weight is 901 g/mol. The lowest BCUT2D eigenvalue weighted by Crippen LogP contribution is -2.27. The normalized spacial score (nSPS) is 11.4. The number of aromatic nitrogens is 11. The Bertz CT molecular complexity index is 3470. The molecule has 0 spiro atoms. The Balaban J connectivity index is 0.000000126. The van der Waals surface area contributed by atoms with Crippen LogP contribution in [0, 0.1) is 11.3 Å². The minimum absolute atomic E-state index is 0.00428. The number of benzene rings is 3. The van der Waals surface area contributed by atoms with E-state index >= 15 is 0 Å². The van der Waals surface area contributed by atoms with Gasteiger partial charge in [0, 0.05) is 77.4 Å². The van der Waals surface area contributed by atoms with Gasteiger partial charge in [0.25, 0.3) is 0 Å². The summed E-state index contributed by atoms with van der Waals surface area (Å²) in [4.78, 5) is 47.4. The molecule has 0 saturated heterocycles. The fourth-order valence-electron chi connectivity index (χ4n) is 7.59. The molecule has 8 heterocycles. The van der Waals surface area contributed by atoms with Crippen LogP contribution in [0.1, 0.15) is 52.4 Å². The molecule has 326 valence electrons. The minimum atomic E-state index is -0.194. The highest BCUT2D eigenvalue weighted by atomic mass is 35.5. The molecule has 67 heavy (non-hydrogen) atoms. The van der Waals surface area contributed by atoms with E-state index in [0.717, 1.165) is 56.6 Å². The number of hydrogen-bond donors (Lipinski definition) is 0. The first-order chi connectivity index (χ1) is 32.8. The van der Waals surface area contributed by atoms with E-state index < -0.39 is 0 Å². The summed E-state index contributed by atoms with van der Waals surface area (Å²) in [7, 11) is 0. The van der Waals surface area contributed by atoms with Crippen molar-refractivity contribution in [2.24, 2.45) is 4.99 Å². The van der Waals surface area contributed by atoms with Gasteiger partial charge in [0.05, 0.1) is 40.7 Å². The first kappa shape index (κ1) is 43.2. The number of pyridine rings is 2. The van der Waals surface area contributed by atoms with Gasteiger partial charge in [-0.3, -0.25) is 29.1 Å². The topological polar surface area (TPSA) is 190 Å². The highest BCUT2D eigenvalue weighted by Crippen LogP contribution is 2.28. The molecule has 0 bridgehead atoms. The van der Waals surface area contributed by atoms with Crippen LogP contribution >= 0.6 is 11.6 Å². The number of anilines is 1. The zero-order valence-electron chi connectivity index (χ0n) is 36.0. The highest BCUT2D eigenvalue weighted by molar-refractivity contribution is 6.31. The Kier molecular flexibility index (Phi) is 12.5. The second-order valence-corrected chi connectivity index (χ2v) is 15.2. The Morgan fingerprint density at radius 3 is 2.22 bits per heavy atom. The molecule has 16 nitrogen and oxygen atoms in total. The number of nitriles is 1. The van der Waals surface area contributed by atoms with Crippen LogP contribution in [0.2, 0.25) is 5.02 Å². The van der Waals surface area contributed by atoms with Crippen molar-refractivity contribution in [1.29, 1.82) is 5.26 Å². The van der Waals surface area contributed by atoms with Gasteiger partial charge in [0.2, 0.25) is 11.7 Å². The third-order valence-electron chi connectivity index (χ3n) is 10.7. The second-order valence-electron chi connectivity index (χ2n) is 14.8. The van der Waals surface area contributed by atoms with Crippen LogP contribution in [-0.2, 0) is 11.3 Å². The third-order valence-corrected chi connectivity index (χ3v) is 10.9. The van der Waals surface area contributed by atoms with E-state index in [4.69, 9.17) is 21.9 Å². The average Bonchev–Trinajstić information content (AvgIpc) is 4.13. The van der Waals surface area contributed by atoms with E-state index in [0.29, 0.717) is 46.2 Å². The van der Waals surface area contributed by atoms with Crippen molar-refractivity contribution < 1.29 is 9.59 Å². The van der Waals surface area contributed by atoms with Gasteiger partial charge in [-0.1, -0.05) is 60.1 Å². The van der Waals surface area contributed by atoms with Gasteiger partial charge in [-0.05, 0) is 73.7 Å². The van der Waals surface area contributed by atoms with Gasteiger partial charge in [-0.15, -0.1) is 10.2 Å². The number of carbonyl (C=O) groups excluding carboxylic acids is 2. The molecule has 0 saturated carbocycles. The zero-order chi connectivity index (χ0) is 46.3. The molecule has 0 radical (unpaired) electrons. The van der Waals surface area contributed by atoms with Gasteiger partial charge in [-0.25, -0.2) is 19.0 Å². The Morgan fingerprint density at radius 2 is 1.48 bits per heavy atom. The zero-order valence-corrected chi connectivity index (χ0v) is 36.7. The number of hydrogen-bond acceptors (Lipinski definition) is 12. The van der Waals surface area contributed by atoms with Crippen LogP contribution in [0.25, 0.3) is 39.5 Å². The maximum absolute atomic E-state index is 12.6. The van der Waals surface area contributed by atoms with E-state index in [-0.39, 0.29) is 11.7 Å². The molecule has 0 fully saturated rings. The van der Waals surface area contributed by atoms with Gasteiger partial charge >= 0.3 is 0 Å². The molecule has 0 aliphatic carbocycles. The standard InChI is InChI=1S/C17H11N5O.C17H15N5O.C16H11ClN4/c23-16(14-3-1-2-7-19-14)13-11-21-22-15(6-10-20-17(13)22)12-4-8-18-9-5-12;1-3-21(12(2)23)15-6-4-5-13(9-15)16-7-8-19-17-14(10-18)11-20-22(16)17;17-12-6-7-14-13(8-12)16(11-4-2-1-3-5-11)18-9-15-20-19-10-21(14)15/h1-11H;4-9,11H,3H2,1-2H3;1-8,10H,9H2. The number of nitrogens with zero attached hydrogens (tertiary/aromatic N) is 14. The van der Waals surface area contributed by atoms with Gasteiger partial charge in [-0.2, -0.15) is 15.5 Å². The van der Waals surface area contributed by atoms with E-state index in [2.05, 4.69) is 58.5 Å². The number of ketones is 1. The molecule has 1 aliphatic rings. The lowest BCUT2D eigenvalue weighted by Gasteiger charge is -2.19. The fourth-order valence-corrected chi connectivity index (χ4v) is 7.76. The summed E-state index contributed by atoms with van der Waals surface area (Å²) in [6.45, 7) is 4.58. The van der Waals surface area contributed by atoms with E-state index in [1.54, 1.807) is 76.4 Å². The Labute approximate surface area is 388 Å². The number of halogens is 1. The fraction of sp³-hybridized carbons (Fsp3) is 0.0800. The second kappa shape index (κ2) is 19.4.